The number of hydrogen-bond acceptors (Lipinski definition) is 14. The van der Waals surface area contributed by atoms with Gasteiger partial charge in [0.15, 0.2) is 0 Å². The highest BCUT2D eigenvalue weighted by Gasteiger charge is 2.65. The number of carboxylic acids is 1. The number of aliphatic hydroxyl groups is 12. The molecule has 0 aromatic heterocycles. The van der Waals surface area contributed by atoms with Crippen LogP contribution >= 0.6 is 0 Å². The molecule has 0 saturated heterocycles. The molecule has 0 aliphatic rings. The van der Waals surface area contributed by atoms with Gasteiger partial charge in [-0.1, -0.05) is 77.6 Å². The molecule has 0 atom stereocenters. The zero-order valence-electron chi connectivity index (χ0n) is 25.5. The van der Waals surface area contributed by atoms with Crippen LogP contribution in [0.25, 0.3) is 0 Å². The van der Waals surface area contributed by atoms with Crippen LogP contribution in [0, 0.1) is 10.8 Å². The minimum Gasteiger partial charge on any atom is -0.477 e. The molecular formula is C28H58O15. The van der Waals surface area contributed by atoms with Gasteiger partial charge < -0.3 is 71.1 Å². The number of aliphatic hydroxyl groups excluding tert-OH is 6. The summed E-state index contributed by atoms with van der Waals surface area (Å²) in [4.78, 5) is 10.6. The largest absolute Gasteiger partial charge is 0.477 e. The molecule has 43 heavy (non-hydrogen) atoms. The van der Waals surface area contributed by atoms with Gasteiger partial charge in [0.25, 0.3) is 5.79 Å². The van der Waals surface area contributed by atoms with Crippen LogP contribution < -0.4 is 0 Å². The lowest BCUT2D eigenvalue weighted by Crippen LogP contribution is -2.71. The summed E-state index contributed by atoms with van der Waals surface area (Å²) in [6.07, 6.45) is 11.7. The molecule has 0 spiro atoms. The first kappa shape index (κ1) is 44.1. The van der Waals surface area contributed by atoms with Crippen molar-refractivity contribution >= 4 is 5.97 Å². The third-order valence-corrected chi connectivity index (χ3v) is 7.55. The fourth-order valence-corrected chi connectivity index (χ4v) is 3.87. The molecule has 0 heterocycles. The van der Waals surface area contributed by atoms with Crippen LogP contribution in [0.4, 0.5) is 0 Å². The van der Waals surface area contributed by atoms with Crippen LogP contribution in [-0.4, -0.2) is 143 Å². The molecule has 0 radical (unpaired) electrons. The Morgan fingerprint density at radius 3 is 1.12 bits per heavy atom. The lowest BCUT2D eigenvalue weighted by molar-refractivity contribution is -0.441. The van der Waals surface area contributed by atoms with E-state index in [2.05, 4.69) is 6.92 Å². The Hall–Kier alpha value is -1.05. The highest BCUT2D eigenvalue weighted by molar-refractivity contribution is 5.76. The fraction of sp³-hybridized carbons (Fsp3) is 0.964. The smallest absolute Gasteiger partial charge is 0.370 e. The molecule has 15 nitrogen and oxygen atoms in total. The van der Waals surface area contributed by atoms with Crippen molar-refractivity contribution in [3.63, 3.8) is 0 Å². The van der Waals surface area contributed by atoms with Crippen molar-refractivity contribution in [2.45, 2.75) is 108 Å². The lowest BCUT2D eigenvalue weighted by Gasteiger charge is -2.40. The molecule has 0 aliphatic heterocycles. The zero-order valence-corrected chi connectivity index (χ0v) is 25.5. The fourth-order valence-electron chi connectivity index (χ4n) is 3.87. The standard InChI is InChI=1S/C18H36O8.C10H22O7/c1-2-3-4-5-6-7-8-9-10-11-12-13-14-16(21,22)18(25,26)17(23,24)15(19)20;11-1-9(2-12,3-13)7-17-8-10(4-14,5-15)6-16/h21-26H,2-14H2,1H3,(H,19,20);11-16H,1-8H2. The number of hydrogen-bond donors (Lipinski definition) is 13. The first-order valence-electron chi connectivity index (χ1n) is 14.9. The van der Waals surface area contributed by atoms with E-state index in [4.69, 9.17) is 40.5 Å². The van der Waals surface area contributed by atoms with Crippen LogP contribution in [0.5, 0.6) is 0 Å². The Labute approximate surface area is 253 Å². The van der Waals surface area contributed by atoms with E-state index >= 15 is 0 Å². The second-order valence-corrected chi connectivity index (χ2v) is 11.5. The van der Waals surface area contributed by atoms with Crippen LogP contribution in [0.2, 0.25) is 0 Å². The Morgan fingerprint density at radius 1 is 0.535 bits per heavy atom. The highest BCUT2D eigenvalue weighted by atomic mass is 16.7. The first-order chi connectivity index (χ1) is 20.1. The molecule has 260 valence electrons. The number of carboxylic acid groups (broad SMARTS) is 1. The molecule has 0 amide bonds. The number of aliphatic carboxylic acids is 1. The summed E-state index contributed by atoms with van der Waals surface area (Å²) < 4.78 is 5.15. The average molecular weight is 635 g/mol. The summed E-state index contributed by atoms with van der Waals surface area (Å²) in [5.74, 6) is -13.9. The maximum atomic E-state index is 10.6. The van der Waals surface area contributed by atoms with E-state index in [1.165, 1.54) is 38.5 Å². The molecule has 0 rings (SSSR count). The number of ether oxygens (including phenoxy) is 1. The minimum absolute atomic E-state index is 0.141. The maximum Gasteiger partial charge on any atom is 0.370 e. The maximum absolute atomic E-state index is 10.6. The molecule has 0 bridgehead atoms. The van der Waals surface area contributed by atoms with Gasteiger partial charge >= 0.3 is 11.8 Å². The van der Waals surface area contributed by atoms with Crippen LogP contribution in [0.1, 0.15) is 90.4 Å². The molecule has 0 unspecified atom stereocenters. The van der Waals surface area contributed by atoms with Gasteiger partial charge in [-0.15, -0.1) is 0 Å². The number of carbonyl (C=O) groups is 1. The summed E-state index contributed by atoms with van der Waals surface area (Å²) in [5, 5.41) is 119. The van der Waals surface area contributed by atoms with Crippen molar-refractivity contribution in [1.29, 1.82) is 0 Å². The van der Waals surface area contributed by atoms with Gasteiger partial charge in [-0.2, -0.15) is 0 Å². The molecule has 0 saturated carbocycles. The lowest BCUT2D eigenvalue weighted by atomic mass is 9.91. The van der Waals surface area contributed by atoms with Crippen molar-refractivity contribution in [2.24, 2.45) is 10.8 Å². The van der Waals surface area contributed by atoms with Crippen molar-refractivity contribution in [2.75, 3.05) is 52.9 Å². The summed E-state index contributed by atoms with van der Waals surface area (Å²) in [7, 11) is 0. The molecular weight excluding hydrogens is 576 g/mol. The molecule has 15 heteroatoms. The van der Waals surface area contributed by atoms with E-state index in [1.54, 1.807) is 0 Å². The SMILES string of the molecule is CCCCCCCCCCCCCCC(O)(O)C(O)(O)C(O)(O)C(=O)O.OCC(CO)(CO)COCC(CO)(CO)CO. The Bertz CT molecular complexity index is 655. The van der Waals surface area contributed by atoms with Gasteiger partial charge in [0, 0.05) is 6.42 Å². The monoisotopic (exact) mass is 634 g/mol. The van der Waals surface area contributed by atoms with Gasteiger partial charge in [0.1, 0.15) is 0 Å². The summed E-state index contributed by atoms with van der Waals surface area (Å²) in [5.41, 5.74) is -2.32. The predicted octanol–water partition coefficient (Wildman–Crippen LogP) is -1.87. The second-order valence-electron chi connectivity index (χ2n) is 11.5. The van der Waals surface area contributed by atoms with E-state index in [-0.39, 0.29) is 19.6 Å². The van der Waals surface area contributed by atoms with Crippen molar-refractivity contribution in [3.05, 3.63) is 0 Å². The van der Waals surface area contributed by atoms with Gasteiger partial charge in [-0.25, -0.2) is 4.79 Å². The summed E-state index contributed by atoms with van der Waals surface area (Å²) in [6, 6.07) is 0. The van der Waals surface area contributed by atoms with Crippen molar-refractivity contribution in [1.82, 2.24) is 0 Å². The van der Waals surface area contributed by atoms with E-state index in [1.807, 2.05) is 0 Å². The first-order valence-corrected chi connectivity index (χ1v) is 14.9. The normalized spacial score (nSPS) is 13.1. The Kier molecular flexibility index (Phi) is 23.0. The minimum atomic E-state index is -4.10. The molecule has 0 fully saturated rings. The average Bonchev–Trinajstić information content (AvgIpc) is 2.98. The van der Waals surface area contributed by atoms with Gasteiger partial charge in [-0.05, 0) is 6.42 Å². The second kappa shape index (κ2) is 22.5. The van der Waals surface area contributed by atoms with Crippen molar-refractivity contribution < 1.29 is 75.9 Å². The quantitative estimate of drug-likeness (QED) is 0.0366. The highest BCUT2D eigenvalue weighted by Crippen LogP contribution is 2.32. The van der Waals surface area contributed by atoms with Gasteiger partial charge in [-0.3, -0.25) is 0 Å². The predicted molar refractivity (Wildman–Crippen MR) is 153 cm³/mol. The number of rotatable bonds is 26. The third kappa shape index (κ3) is 15.2. The molecule has 0 aromatic rings. The Balaban J connectivity index is 0. The zero-order chi connectivity index (χ0) is 33.6. The van der Waals surface area contributed by atoms with E-state index in [9.17, 15) is 35.4 Å². The molecule has 0 aliphatic carbocycles. The van der Waals surface area contributed by atoms with E-state index in [0.29, 0.717) is 6.42 Å². The molecule has 0 aromatic carbocycles. The third-order valence-electron chi connectivity index (χ3n) is 7.55. The van der Waals surface area contributed by atoms with Crippen LogP contribution in [-0.2, 0) is 9.53 Å². The Morgan fingerprint density at radius 2 is 0.837 bits per heavy atom. The summed E-state index contributed by atoms with van der Waals surface area (Å²) in [6.45, 7) is -0.816. The van der Waals surface area contributed by atoms with Crippen molar-refractivity contribution in [3.8, 4) is 0 Å². The number of unbranched alkanes of at least 4 members (excludes halogenated alkanes) is 11. The van der Waals surface area contributed by atoms with E-state index in [0.717, 1.165) is 25.7 Å². The van der Waals surface area contributed by atoms with Gasteiger partial charge in [0.05, 0.1) is 63.7 Å². The van der Waals surface area contributed by atoms with Crippen LogP contribution in [0.3, 0.4) is 0 Å². The topological polar surface area (TPSA) is 289 Å². The van der Waals surface area contributed by atoms with Crippen LogP contribution in [0.15, 0.2) is 0 Å². The van der Waals surface area contributed by atoms with Gasteiger partial charge in [0.2, 0.25) is 5.79 Å². The van der Waals surface area contributed by atoms with E-state index < -0.39 is 80.2 Å². The molecule has 13 N–H and O–H groups in total. The summed E-state index contributed by atoms with van der Waals surface area (Å²) >= 11 is 0.